The number of aromatic nitrogens is 2. The molecule has 2 rings (SSSR count). The molecule has 116 valence electrons. The molecule has 2 atom stereocenters. The highest BCUT2D eigenvalue weighted by Gasteiger charge is 2.30. The zero-order valence-electron chi connectivity index (χ0n) is 13.0. The van der Waals surface area contributed by atoms with Crippen LogP contribution in [0.3, 0.4) is 0 Å². The summed E-state index contributed by atoms with van der Waals surface area (Å²) in [5.74, 6) is 0.769. The fourth-order valence-electron chi connectivity index (χ4n) is 2.59. The first-order chi connectivity index (χ1) is 9.95. The number of carbonyl (C=O) groups is 1. The van der Waals surface area contributed by atoms with Crippen LogP contribution in [0.5, 0.6) is 0 Å². The van der Waals surface area contributed by atoms with Crippen LogP contribution in [0.25, 0.3) is 0 Å². The van der Waals surface area contributed by atoms with Gasteiger partial charge in [0, 0.05) is 50.3 Å². The number of likely N-dealkylation sites (N-methyl/N-ethyl adjacent to an activating group) is 1. The molecule has 6 heteroatoms. The summed E-state index contributed by atoms with van der Waals surface area (Å²) in [6, 6.07) is 0. The second-order valence-corrected chi connectivity index (χ2v) is 5.91. The van der Waals surface area contributed by atoms with Gasteiger partial charge in [-0.3, -0.25) is 4.79 Å². The fraction of sp³-hybridized carbons (Fsp3) is 0.667. The molecule has 6 nitrogen and oxygen atoms in total. The van der Waals surface area contributed by atoms with Crippen LogP contribution in [0.15, 0.2) is 6.20 Å². The van der Waals surface area contributed by atoms with Crippen molar-refractivity contribution in [3.8, 4) is 0 Å². The third-order valence-corrected chi connectivity index (χ3v) is 3.98. The molecule has 1 aliphatic heterocycles. The van der Waals surface area contributed by atoms with Crippen LogP contribution in [0.2, 0.25) is 0 Å². The Morgan fingerprint density at radius 1 is 1.48 bits per heavy atom. The first-order valence-corrected chi connectivity index (χ1v) is 7.38. The molecule has 1 amide bonds. The van der Waals surface area contributed by atoms with E-state index in [1.807, 2.05) is 32.0 Å². The van der Waals surface area contributed by atoms with Crippen molar-refractivity contribution in [2.75, 3.05) is 26.7 Å². The number of hydrogen-bond acceptors (Lipinski definition) is 5. The second-order valence-electron chi connectivity index (χ2n) is 5.91. The summed E-state index contributed by atoms with van der Waals surface area (Å²) in [5, 5.41) is 12.7. The van der Waals surface area contributed by atoms with Crippen molar-refractivity contribution in [1.82, 2.24) is 20.2 Å². The van der Waals surface area contributed by atoms with Gasteiger partial charge >= 0.3 is 0 Å². The topological polar surface area (TPSA) is 78.4 Å². The van der Waals surface area contributed by atoms with Crippen LogP contribution in [-0.2, 0) is 11.2 Å². The minimum atomic E-state index is -0.399. The number of rotatable bonds is 5. The van der Waals surface area contributed by atoms with Gasteiger partial charge in [-0.15, -0.1) is 0 Å². The van der Waals surface area contributed by atoms with E-state index in [0.717, 1.165) is 23.6 Å². The van der Waals surface area contributed by atoms with Gasteiger partial charge in [-0.25, -0.2) is 9.97 Å². The zero-order valence-corrected chi connectivity index (χ0v) is 13.0. The van der Waals surface area contributed by atoms with Crippen molar-refractivity contribution in [1.29, 1.82) is 0 Å². The number of amides is 1. The minimum Gasteiger partial charge on any atom is -0.391 e. The van der Waals surface area contributed by atoms with E-state index < -0.39 is 6.10 Å². The van der Waals surface area contributed by atoms with Gasteiger partial charge in [-0.2, -0.15) is 0 Å². The zero-order chi connectivity index (χ0) is 15.4. The van der Waals surface area contributed by atoms with Crippen molar-refractivity contribution in [3.05, 3.63) is 23.3 Å². The van der Waals surface area contributed by atoms with Crippen LogP contribution in [0.1, 0.15) is 23.5 Å². The molecule has 0 aromatic carbocycles. The highest BCUT2D eigenvalue weighted by Crippen LogP contribution is 2.18. The molecule has 1 saturated heterocycles. The van der Waals surface area contributed by atoms with Gasteiger partial charge in [0.05, 0.1) is 6.10 Å². The molecule has 0 radical (unpaired) electrons. The molecular weight excluding hydrogens is 268 g/mol. The van der Waals surface area contributed by atoms with E-state index in [2.05, 4.69) is 15.3 Å². The Labute approximate surface area is 125 Å². The van der Waals surface area contributed by atoms with E-state index in [-0.39, 0.29) is 11.8 Å². The summed E-state index contributed by atoms with van der Waals surface area (Å²) in [6.45, 7) is 5.88. The van der Waals surface area contributed by atoms with Crippen molar-refractivity contribution in [3.63, 3.8) is 0 Å². The largest absolute Gasteiger partial charge is 0.391 e. The third kappa shape index (κ3) is 4.47. The number of nitrogens with zero attached hydrogens (tertiary/aromatic N) is 3. The molecule has 0 unspecified atom stereocenters. The van der Waals surface area contributed by atoms with Crippen LogP contribution in [0.4, 0.5) is 0 Å². The van der Waals surface area contributed by atoms with Crippen LogP contribution in [-0.4, -0.2) is 58.7 Å². The highest BCUT2D eigenvalue weighted by molar-refractivity contribution is 5.76. The van der Waals surface area contributed by atoms with Crippen molar-refractivity contribution >= 4 is 5.91 Å². The Balaban J connectivity index is 1.73. The molecule has 0 bridgehead atoms. The number of β-amino-alcohol motifs (C(OH)–C–C–N with tert-alkyl or cyclic N) is 1. The standard InChI is InChI=1S/C15H24N4O2/c1-10-7-17-14(18-11(10)2)4-5-16-15(21)6-12-8-19(3)9-13(12)20/h7,12-13,20H,4-6,8-9H2,1-3H3,(H,16,21)/t12-,13-/m1/s1. The van der Waals surface area contributed by atoms with E-state index in [1.165, 1.54) is 0 Å². The van der Waals surface area contributed by atoms with Crippen molar-refractivity contribution < 1.29 is 9.90 Å². The Hall–Kier alpha value is -1.53. The van der Waals surface area contributed by atoms with E-state index in [1.54, 1.807) is 0 Å². The summed E-state index contributed by atoms with van der Waals surface area (Å²) in [6.07, 6.45) is 2.41. The Morgan fingerprint density at radius 2 is 2.24 bits per heavy atom. The molecule has 1 fully saturated rings. The molecule has 1 aliphatic rings. The molecule has 0 aliphatic carbocycles. The SMILES string of the molecule is Cc1cnc(CCNC(=O)C[C@@H]2CN(C)C[C@H]2O)nc1C. The summed E-state index contributed by atoms with van der Waals surface area (Å²) in [5.41, 5.74) is 2.05. The maximum atomic E-state index is 11.9. The highest BCUT2D eigenvalue weighted by atomic mass is 16.3. The summed E-state index contributed by atoms with van der Waals surface area (Å²) in [7, 11) is 1.96. The number of aliphatic hydroxyl groups is 1. The van der Waals surface area contributed by atoms with Gasteiger partial charge < -0.3 is 15.3 Å². The Morgan fingerprint density at radius 3 is 2.86 bits per heavy atom. The minimum absolute atomic E-state index is 0.0156. The lowest BCUT2D eigenvalue weighted by atomic mass is 10.0. The Bertz CT molecular complexity index is 506. The smallest absolute Gasteiger partial charge is 0.220 e. The molecule has 0 saturated carbocycles. The second kappa shape index (κ2) is 6.95. The lowest BCUT2D eigenvalue weighted by Gasteiger charge is -2.13. The summed E-state index contributed by atoms with van der Waals surface area (Å²) >= 11 is 0. The molecular formula is C15H24N4O2. The van der Waals surface area contributed by atoms with Crippen molar-refractivity contribution in [2.45, 2.75) is 32.8 Å². The predicted octanol–water partition coefficient (Wildman–Crippen LogP) is 0.0647. The third-order valence-electron chi connectivity index (χ3n) is 3.98. The average Bonchev–Trinajstić information content (AvgIpc) is 2.72. The summed E-state index contributed by atoms with van der Waals surface area (Å²) < 4.78 is 0. The number of nitrogens with one attached hydrogen (secondary N) is 1. The molecule has 2 N–H and O–H groups in total. The van der Waals surface area contributed by atoms with Gasteiger partial charge in [-0.05, 0) is 26.5 Å². The van der Waals surface area contributed by atoms with Gasteiger partial charge in [0.25, 0.3) is 0 Å². The van der Waals surface area contributed by atoms with Gasteiger partial charge in [-0.1, -0.05) is 0 Å². The van der Waals surface area contributed by atoms with E-state index in [9.17, 15) is 9.90 Å². The molecule has 21 heavy (non-hydrogen) atoms. The first kappa shape index (κ1) is 15.9. The maximum Gasteiger partial charge on any atom is 0.220 e. The van der Waals surface area contributed by atoms with Gasteiger partial charge in [0.1, 0.15) is 5.82 Å². The van der Waals surface area contributed by atoms with Crippen LogP contribution in [0, 0.1) is 19.8 Å². The first-order valence-electron chi connectivity index (χ1n) is 7.38. The van der Waals surface area contributed by atoms with Gasteiger partial charge in [0.15, 0.2) is 0 Å². The number of carbonyl (C=O) groups excluding carboxylic acids is 1. The molecule has 2 heterocycles. The van der Waals surface area contributed by atoms with Crippen LogP contribution >= 0.6 is 0 Å². The number of likely N-dealkylation sites (tertiary alicyclic amines) is 1. The van der Waals surface area contributed by atoms with Crippen LogP contribution < -0.4 is 5.32 Å². The number of hydrogen-bond donors (Lipinski definition) is 2. The average molecular weight is 292 g/mol. The monoisotopic (exact) mass is 292 g/mol. The molecule has 1 aromatic rings. The van der Waals surface area contributed by atoms with Gasteiger partial charge in [0.2, 0.25) is 5.91 Å². The lowest BCUT2D eigenvalue weighted by Crippen LogP contribution is -2.31. The van der Waals surface area contributed by atoms with E-state index in [0.29, 0.717) is 25.9 Å². The number of aryl methyl sites for hydroxylation is 2. The van der Waals surface area contributed by atoms with E-state index >= 15 is 0 Å². The summed E-state index contributed by atoms with van der Waals surface area (Å²) in [4.78, 5) is 22.6. The Kier molecular flexibility index (Phi) is 5.25. The molecule has 1 aromatic heterocycles. The molecule has 0 spiro atoms. The van der Waals surface area contributed by atoms with Crippen molar-refractivity contribution in [2.24, 2.45) is 5.92 Å². The van der Waals surface area contributed by atoms with E-state index in [4.69, 9.17) is 0 Å². The number of aliphatic hydroxyl groups excluding tert-OH is 1. The lowest BCUT2D eigenvalue weighted by molar-refractivity contribution is -0.122. The normalized spacial score (nSPS) is 22.5. The fourth-order valence-corrected chi connectivity index (χ4v) is 2.59. The maximum absolute atomic E-state index is 11.9. The predicted molar refractivity (Wildman–Crippen MR) is 79.8 cm³/mol. The quantitative estimate of drug-likeness (QED) is 0.802.